The molecule has 1 atom stereocenters. The van der Waals surface area contributed by atoms with Crippen LogP contribution in [0.5, 0.6) is 0 Å². The van der Waals surface area contributed by atoms with Crippen molar-refractivity contribution in [3.63, 3.8) is 0 Å². The topological polar surface area (TPSA) is 103 Å². The van der Waals surface area contributed by atoms with Gasteiger partial charge < -0.3 is 19.8 Å². The second kappa shape index (κ2) is 7.82. The van der Waals surface area contributed by atoms with Crippen LogP contribution in [0.15, 0.2) is 22.8 Å². The number of carbonyl (C=O) groups excluding carboxylic acids is 3. The van der Waals surface area contributed by atoms with Gasteiger partial charge in [-0.3, -0.25) is 14.4 Å². The summed E-state index contributed by atoms with van der Waals surface area (Å²) in [6.07, 6.45) is 2.99. The van der Waals surface area contributed by atoms with E-state index in [2.05, 4.69) is 0 Å². The summed E-state index contributed by atoms with van der Waals surface area (Å²) in [5, 5.41) is 0.877. The lowest BCUT2D eigenvalue weighted by Gasteiger charge is -2.31. The van der Waals surface area contributed by atoms with Crippen molar-refractivity contribution in [1.82, 2.24) is 4.90 Å². The molecule has 2 amide bonds. The summed E-state index contributed by atoms with van der Waals surface area (Å²) in [6.45, 7) is 4.50. The fourth-order valence-corrected chi connectivity index (χ4v) is 3.35. The van der Waals surface area contributed by atoms with Gasteiger partial charge in [0.1, 0.15) is 5.58 Å². The zero-order valence-electron chi connectivity index (χ0n) is 15.6. The average molecular weight is 372 g/mol. The van der Waals surface area contributed by atoms with E-state index in [4.69, 9.17) is 14.9 Å². The van der Waals surface area contributed by atoms with E-state index in [1.807, 2.05) is 26.0 Å². The van der Waals surface area contributed by atoms with Gasteiger partial charge in [0.05, 0.1) is 18.6 Å². The van der Waals surface area contributed by atoms with Gasteiger partial charge in [0.15, 0.2) is 6.61 Å². The first-order chi connectivity index (χ1) is 12.8. The molecule has 0 unspecified atom stereocenters. The molecule has 1 aliphatic rings. The molecule has 1 aromatic carbocycles. The Kier molecular flexibility index (Phi) is 5.48. The molecule has 27 heavy (non-hydrogen) atoms. The maximum atomic E-state index is 12.2. The van der Waals surface area contributed by atoms with Crippen LogP contribution in [0, 0.1) is 19.8 Å². The van der Waals surface area contributed by atoms with Crippen molar-refractivity contribution in [3.8, 4) is 0 Å². The minimum Gasteiger partial charge on any atom is -0.464 e. The number of benzene rings is 1. The van der Waals surface area contributed by atoms with Crippen molar-refractivity contribution in [2.45, 2.75) is 33.1 Å². The Hall–Kier alpha value is -2.83. The van der Waals surface area contributed by atoms with Crippen LogP contribution in [0.25, 0.3) is 11.0 Å². The molecule has 7 heteroatoms. The lowest BCUT2D eigenvalue weighted by molar-refractivity contribution is -0.152. The maximum absolute atomic E-state index is 12.2. The van der Waals surface area contributed by atoms with Crippen LogP contribution in [0.1, 0.15) is 29.5 Å². The van der Waals surface area contributed by atoms with E-state index >= 15 is 0 Å². The van der Waals surface area contributed by atoms with Crippen molar-refractivity contribution in [2.24, 2.45) is 11.7 Å². The molecule has 0 saturated carbocycles. The van der Waals surface area contributed by atoms with Gasteiger partial charge >= 0.3 is 5.97 Å². The van der Waals surface area contributed by atoms with E-state index in [9.17, 15) is 14.4 Å². The SMILES string of the molecule is Cc1cc2occ(CC(=O)OCC(=O)N3CCC[C@H](C(N)=O)C3)c2cc1C. The number of nitrogens with zero attached hydrogens (tertiary/aromatic N) is 1. The Balaban J connectivity index is 1.56. The number of primary amides is 1. The molecule has 0 radical (unpaired) electrons. The van der Waals surface area contributed by atoms with Crippen molar-refractivity contribution in [1.29, 1.82) is 0 Å². The molecule has 0 spiro atoms. The zero-order valence-corrected chi connectivity index (χ0v) is 15.6. The number of esters is 1. The molecule has 1 saturated heterocycles. The fourth-order valence-electron chi connectivity index (χ4n) is 3.35. The highest BCUT2D eigenvalue weighted by atomic mass is 16.5. The number of hydrogen-bond donors (Lipinski definition) is 1. The smallest absolute Gasteiger partial charge is 0.310 e. The fraction of sp³-hybridized carbons (Fsp3) is 0.450. The van der Waals surface area contributed by atoms with Gasteiger partial charge in [-0.05, 0) is 49.9 Å². The second-order valence-electron chi connectivity index (χ2n) is 7.11. The van der Waals surface area contributed by atoms with E-state index in [1.165, 1.54) is 4.90 Å². The van der Waals surface area contributed by atoms with E-state index in [1.54, 1.807) is 6.26 Å². The highest BCUT2D eigenvalue weighted by molar-refractivity contribution is 5.88. The molecule has 0 aliphatic carbocycles. The number of nitrogens with two attached hydrogens (primary N) is 1. The number of piperidine rings is 1. The van der Waals surface area contributed by atoms with Crippen molar-refractivity contribution < 1.29 is 23.5 Å². The first-order valence-corrected chi connectivity index (χ1v) is 9.05. The summed E-state index contributed by atoms with van der Waals surface area (Å²) in [6, 6.07) is 3.92. The predicted octanol–water partition coefficient (Wildman–Crippen LogP) is 1.86. The standard InChI is InChI=1S/C20H24N2O5/c1-12-6-16-15(10-26-17(16)7-13(12)2)8-19(24)27-11-18(23)22-5-3-4-14(9-22)20(21)25/h6-7,10,14H,3-5,8-9,11H2,1-2H3,(H2,21,25)/t14-/m0/s1. The maximum Gasteiger partial charge on any atom is 0.310 e. The van der Waals surface area contributed by atoms with Gasteiger partial charge in [-0.25, -0.2) is 0 Å². The zero-order chi connectivity index (χ0) is 19.6. The number of fused-ring (bicyclic) bond motifs is 1. The normalized spacial score (nSPS) is 17.1. The number of carbonyl (C=O) groups is 3. The Labute approximate surface area is 157 Å². The third-order valence-corrected chi connectivity index (χ3v) is 5.14. The van der Waals surface area contributed by atoms with E-state index in [0.29, 0.717) is 19.4 Å². The minimum absolute atomic E-state index is 0.0344. The van der Waals surface area contributed by atoms with Gasteiger partial charge in [0.25, 0.3) is 5.91 Å². The van der Waals surface area contributed by atoms with E-state index in [0.717, 1.165) is 27.7 Å². The summed E-state index contributed by atoms with van der Waals surface area (Å²) >= 11 is 0. The monoisotopic (exact) mass is 372 g/mol. The summed E-state index contributed by atoms with van der Waals surface area (Å²) in [5.41, 5.74) is 9.01. The molecular weight excluding hydrogens is 348 g/mol. The molecule has 3 rings (SSSR count). The van der Waals surface area contributed by atoms with Crippen LogP contribution in [0.3, 0.4) is 0 Å². The van der Waals surface area contributed by atoms with Crippen LogP contribution in [0.2, 0.25) is 0 Å². The van der Waals surface area contributed by atoms with Crippen LogP contribution < -0.4 is 5.73 Å². The van der Waals surface area contributed by atoms with Crippen molar-refractivity contribution >= 4 is 28.8 Å². The van der Waals surface area contributed by atoms with Gasteiger partial charge in [-0.15, -0.1) is 0 Å². The van der Waals surface area contributed by atoms with Gasteiger partial charge in [0.2, 0.25) is 5.91 Å². The Bertz CT molecular complexity index is 886. The largest absolute Gasteiger partial charge is 0.464 e. The number of hydrogen-bond acceptors (Lipinski definition) is 5. The first kappa shape index (κ1) is 18.9. The Morgan fingerprint density at radius 2 is 2.00 bits per heavy atom. The molecule has 7 nitrogen and oxygen atoms in total. The lowest BCUT2D eigenvalue weighted by Crippen LogP contribution is -2.45. The molecule has 2 aromatic rings. The number of furan rings is 1. The number of ether oxygens (including phenoxy) is 1. The van der Waals surface area contributed by atoms with Gasteiger partial charge in [-0.1, -0.05) is 0 Å². The molecule has 0 bridgehead atoms. The Morgan fingerprint density at radius 3 is 2.74 bits per heavy atom. The van der Waals surface area contributed by atoms with E-state index < -0.39 is 11.9 Å². The minimum atomic E-state index is -0.493. The van der Waals surface area contributed by atoms with Crippen molar-refractivity contribution in [2.75, 3.05) is 19.7 Å². The highest BCUT2D eigenvalue weighted by Gasteiger charge is 2.27. The average Bonchev–Trinajstić information content (AvgIpc) is 3.01. The molecule has 1 aromatic heterocycles. The highest BCUT2D eigenvalue weighted by Crippen LogP contribution is 2.25. The number of likely N-dealkylation sites (tertiary alicyclic amines) is 1. The van der Waals surface area contributed by atoms with Crippen LogP contribution >= 0.6 is 0 Å². The number of rotatable bonds is 5. The number of aryl methyl sites for hydroxylation is 2. The van der Waals surface area contributed by atoms with Crippen LogP contribution in [-0.4, -0.2) is 42.4 Å². The summed E-state index contributed by atoms with van der Waals surface area (Å²) in [4.78, 5) is 37.2. The van der Waals surface area contributed by atoms with Crippen LogP contribution in [-0.2, 0) is 25.5 Å². The third-order valence-electron chi connectivity index (χ3n) is 5.14. The molecule has 1 aliphatic heterocycles. The summed E-state index contributed by atoms with van der Waals surface area (Å²) < 4.78 is 10.7. The quantitative estimate of drug-likeness (QED) is 0.807. The Morgan fingerprint density at radius 1 is 1.26 bits per heavy atom. The van der Waals surface area contributed by atoms with E-state index in [-0.39, 0.29) is 31.4 Å². The molecule has 2 heterocycles. The first-order valence-electron chi connectivity index (χ1n) is 9.05. The third kappa shape index (κ3) is 4.30. The second-order valence-corrected chi connectivity index (χ2v) is 7.11. The van der Waals surface area contributed by atoms with Gasteiger partial charge in [0, 0.05) is 24.0 Å². The van der Waals surface area contributed by atoms with Gasteiger partial charge in [-0.2, -0.15) is 0 Å². The molecule has 2 N–H and O–H groups in total. The molecule has 1 fully saturated rings. The van der Waals surface area contributed by atoms with Crippen molar-refractivity contribution in [3.05, 3.63) is 35.1 Å². The lowest BCUT2D eigenvalue weighted by atomic mass is 9.97. The molecular formula is C20H24N2O5. The van der Waals surface area contributed by atoms with Crippen LogP contribution in [0.4, 0.5) is 0 Å². The molecule has 144 valence electrons. The summed E-state index contributed by atoms with van der Waals surface area (Å²) in [5.74, 6) is -1.53. The number of amides is 2. The summed E-state index contributed by atoms with van der Waals surface area (Å²) in [7, 11) is 0. The predicted molar refractivity (Wildman–Crippen MR) is 98.8 cm³/mol.